The number of fused-ring (bicyclic) bond motifs is 1. The summed E-state index contributed by atoms with van der Waals surface area (Å²) < 4.78 is 0. The molecule has 0 amide bonds. The fraction of sp³-hybridized carbons (Fsp3) is 0.647. The van der Waals surface area contributed by atoms with Gasteiger partial charge in [0, 0.05) is 18.3 Å². The van der Waals surface area contributed by atoms with Gasteiger partial charge in [-0.05, 0) is 55.8 Å². The lowest BCUT2D eigenvalue weighted by Gasteiger charge is -2.33. The maximum absolute atomic E-state index is 5.62. The highest BCUT2D eigenvalue weighted by atomic mass is 15.2. The van der Waals surface area contributed by atoms with E-state index in [1.807, 2.05) is 0 Å². The Morgan fingerprint density at radius 2 is 2.00 bits per heavy atom. The summed E-state index contributed by atoms with van der Waals surface area (Å²) in [7, 11) is 0. The molecule has 2 N–H and O–H groups in total. The third-order valence-corrected chi connectivity index (χ3v) is 4.77. The molecule has 2 heteroatoms. The van der Waals surface area contributed by atoms with Crippen molar-refractivity contribution in [1.82, 2.24) is 0 Å². The van der Waals surface area contributed by atoms with Crippen LogP contribution in [0, 0.1) is 0 Å². The maximum Gasteiger partial charge on any atom is 0.0404 e. The Balaban J connectivity index is 1.77. The van der Waals surface area contributed by atoms with Gasteiger partial charge in [-0.1, -0.05) is 31.4 Å². The molecule has 1 fully saturated rings. The van der Waals surface area contributed by atoms with Gasteiger partial charge >= 0.3 is 0 Å². The molecule has 0 atom stereocenters. The average molecular weight is 258 g/mol. The quantitative estimate of drug-likeness (QED) is 0.898. The van der Waals surface area contributed by atoms with Crippen molar-refractivity contribution in [3.05, 3.63) is 29.3 Å². The smallest absolute Gasteiger partial charge is 0.0404 e. The van der Waals surface area contributed by atoms with Crippen LogP contribution in [0.5, 0.6) is 0 Å². The molecule has 1 aromatic carbocycles. The summed E-state index contributed by atoms with van der Waals surface area (Å²) in [5, 5.41) is 0. The standard InChI is InChI=1S/C17H26N2/c18-11-4-5-14-8-9-15-10-12-19(17(15)13-14)16-6-2-1-3-7-16/h8-9,13,16H,1-7,10-12,18H2. The van der Waals surface area contributed by atoms with E-state index in [4.69, 9.17) is 5.73 Å². The van der Waals surface area contributed by atoms with Crippen molar-refractivity contribution in [2.75, 3.05) is 18.0 Å². The van der Waals surface area contributed by atoms with E-state index in [1.54, 1.807) is 5.56 Å². The molecule has 1 aromatic rings. The van der Waals surface area contributed by atoms with Crippen molar-refractivity contribution in [3.8, 4) is 0 Å². The molecule has 1 heterocycles. The van der Waals surface area contributed by atoms with Gasteiger partial charge in [0.05, 0.1) is 0 Å². The van der Waals surface area contributed by atoms with E-state index in [1.165, 1.54) is 56.3 Å². The molecule has 0 spiro atoms. The SMILES string of the molecule is NCCCc1ccc2c(c1)N(C1CCCCC1)CC2. The van der Waals surface area contributed by atoms with Crippen molar-refractivity contribution in [3.63, 3.8) is 0 Å². The van der Waals surface area contributed by atoms with Gasteiger partial charge in [-0.15, -0.1) is 0 Å². The number of hydrogen-bond acceptors (Lipinski definition) is 2. The normalized spacial score (nSPS) is 19.7. The maximum atomic E-state index is 5.62. The van der Waals surface area contributed by atoms with Crippen LogP contribution in [0.2, 0.25) is 0 Å². The summed E-state index contributed by atoms with van der Waals surface area (Å²) in [4.78, 5) is 2.69. The minimum absolute atomic E-state index is 0.795. The Labute approximate surface area is 117 Å². The predicted octanol–water partition coefficient (Wildman–Crippen LogP) is 3.27. The van der Waals surface area contributed by atoms with E-state index in [-0.39, 0.29) is 0 Å². The van der Waals surface area contributed by atoms with Gasteiger partial charge in [0.2, 0.25) is 0 Å². The lowest BCUT2D eigenvalue weighted by atomic mass is 9.94. The third-order valence-electron chi connectivity index (χ3n) is 4.77. The first-order valence-electron chi connectivity index (χ1n) is 7.97. The summed E-state index contributed by atoms with van der Waals surface area (Å²) in [6.07, 6.45) is 10.5. The highest BCUT2D eigenvalue weighted by Gasteiger charge is 2.27. The Kier molecular flexibility index (Phi) is 4.07. The van der Waals surface area contributed by atoms with E-state index in [0.717, 1.165) is 25.4 Å². The zero-order valence-corrected chi connectivity index (χ0v) is 11.9. The summed E-state index contributed by atoms with van der Waals surface area (Å²) in [6, 6.07) is 7.90. The minimum atomic E-state index is 0.795. The fourth-order valence-corrected chi connectivity index (χ4v) is 3.68. The molecule has 2 nitrogen and oxygen atoms in total. The zero-order chi connectivity index (χ0) is 13.1. The largest absolute Gasteiger partial charge is 0.368 e. The molecule has 0 bridgehead atoms. The molecule has 1 saturated carbocycles. The van der Waals surface area contributed by atoms with Gasteiger partial charge in [-0.2, -0.15) is 0 Å². The summed E-state index contributed by atoms with van der Waals surface area (Å²) in [5.41, 5.74) is 10.2. The molecular formula is C17H26N2. The fourth-order valence-electron chi connectivity index (χ4n) is 3.68. The molecular weight excluding hydrogens is 232 g/mol. The Hall–Kier alpha value is -1.02. The molecule has 0 aromatic heterocycles. The number of nitrogens with two attached hydrogens (primary N) is 1. The van der Waals surface area contributed by atoms with Gasteiger partial charge in [-0.3, -0.25) is 0 Å². The van der Waals surface area contributed by atoms with Crippen molar-refractivity contribution in [2.24, 2.45) is 5.73 Å². The van der Waals surface area contributed by atoms with Crippen LogP contribution >= 0.6 is 0 Å². The van der Waals surface area contributed by atoms with Crippen LogP contribution in [-0.2, 0) is 12.8 Å². The molecule has 1 aliphatic heterocycles. The lowest BCUT2D eigenvalue weighted by Crippen LogP contribution is -2.35. The van der Waals surface area contributed by atoms with Crippen molar-refractivity contribution < 1.29 is 0 Å². The summed E-state index contributed by atoms with van der Waals surface area (Å²) in [5.74, 6) is 0. The van der Waals surface area contributed by atoms with E-state index < -0.39 is 0 Å². The molecule has 104 valence electrons. The van der Waals surface area contributed by atoms with Crippen molar-refractivity contribution >= 4 is 5.69 Å². The van der Waals surface area contributed by atoms with E-state index in [0.29, 0.717) is 0 Å². The van der Waals surface area contributed by atoms with Crippen LogP contribution in [0.15, 0.2) is 18.2 Å². The van der Waals surface area contributed by atoms with Crippen LogP contribution in [0.25, 0.3) is 0 Å². The number of benzene rings is 1. The molecule has 0 unspecified atom stereocenters. The second-order valence-electron chi connectivity index (χ2n) is 6.09. The minimum Gasteiger partial charge on any atom is -0.368 e. The monoisotopic (exact) mass is 258 g/mol. The highest BCUT2D eigenvalue weighted by molar-refractivity contribution is 5.60. The number of aryl methyl sites for hydroxylation is 1. The van der Waals surface area contributed by atoms with E-state index in [9.17, 15) is 0 Å². The summed E-state index contributed by atoms with van der Waals surface area (Å²) in [6.45, 7) is 2.03. The van der Waals surface area contributed by atoms with Crippen LogP contribution in [0.4, 0.5) is 5.69 Å². The first-order chi connectivity index (χ1) is 9.38. The topological polar surface area (TPSA) is 29.3 Å². The molecule has 3 rings (SSSR count). The van der Waals surface area contributed by atoms with Crippen LogP contribution in [-0.4, -0.2) is 19.1 Å². The lowest BCUT2D eigenvalue weighted by molar-refractivity contribution is 0.420. The number of rotatable bonds is 4. The first kappa shape index (κ1) is 13.0. The van der Waals surface area contributed by atoms with Crippen LogP contribution in [0.3, 0.4) is 0 Å². The molecule has 0 radical (unpaired) electrons. The van der Waals surface area contributed by atoms with Gasteiger partial charge in [0.1, 0.15) is 0 Å². The zero-order valence-electron chi connectivity index (χ0n) is 11.9. The van der Waals surface area contributed by atoms with Gasteiger partial charge in [0.15, 0.2) is 0 Å². The van der Waals surface area contributed by atoms with E-state index in [2.05, 4.69) is 23.1 Å². The van der Waals surface area contributed by atoms with Gasteiger partial charge in [0.25, 0.3) is 0 Å². The molecule has 19 heavy (non-hydrogen) atoms. The Morgan fingerprint density at radius 1 is 1.16 bits per heavy atom. The molecule has 0 saturated heterocycles. The highest BCUT2D eigenvalue weighted by Crippen LogP contribution is 2.35. The van der Waals surface area contributed by atoms with Crippen LogP contribution in [0.1, 0.15) is 49.7 Å². The number of nitrogens with zero attached hydrogens (tertiary/aromatic N) is 1. The van der Waals surface area contributed by atoms with Crippen molar-refractivity contribution in [1.29, 1.82) is 0 Å². The average Bonchev–Trinajstić information content (AvgIpc) is 2.89. The van der Waals surface area contributed by atoms with Crippen molar-refractivity contribution in [2.45, 2.75) is 57.4 Å². The second kappa shape index (κ2) is 5.96. The molecule has 1 aliphatic carbocycles. The van der Waals surface area contributed by atoms with Gasteiger partial charge < -0.3 is 10.6 Å². The third kappa shape index (κ3) is 2.79. The van der Waals surface area contributed by atoms with Crippen LogP contribution < -0.4 is 10.6 Å². The molecule has 2 aliphatic rings. The Bertz CT molecular complexity index is 421. The predicted molar refractivity (Wildman–Crippen MR) is 81.7 cm³/mol. The Morgan fingerprint density at radius 3 is 2.79 bits per heavy atom. The van der Waals surface area contributed by atoms with E-state index >= 15 is 0 Å². The second-order valence-corrected chi connectivity index (χ2v) is 6.09. The number of anilines is 1. The first-order valence-corrected chi connectivity index (χ1v) is 7.97. The van der Waals surface area contributed by atoms with Gasteiger partial charge in [-0.25, -0.2) is 0 Å². The summed E-state index contributed by atoms with van der Waals surface area (Å²) >= 11 is 0. The number of hydrogen-bond donors (Lipinski definition) is 1.